The maximum Gasteiger partial charge on any atom is 0.266 e. The average molecular weight is 346 g/mol. The van der Waals surface area contributed by atoms with Gasteiger partial charge in [-0.05, 0) is 42.5 Å². The molecule has 3 rings (SSSR count). The largest absolute Gasteiger partial charge is 0.497 e. The van der Waals surface area contributed by atoms with E-state index in [9.17, 15) is 4.79 Å². The summed E-state index contributed by atoms with van der Waals surface area (Å²) >= 11 is 2.72. The molecule has 1 aromatic carbocycles. The molecule has 0 atom stereocenters. The molecule has 6 nitrogen and oxygen atoms in total. The number of aromatic nitrogens is 2. The van der Waals surface area contributed by atoms with Crippen LogP contribution in [0.2, 0.25) is 0 Å². The molecule has 1 aromatic heterocycles. The van der Waals surface area contributed by atoms with E-state index in [0.717, 1.165) is 16.3 Å². The minimum atomic E-state index is -0.0854. The Morgan fingerprint density at radius 2 is 2.17 bits per heavy atom. The van der Waals surface area contributed by atoms with E-state index in [4.69, 9.17) is 4.74 Å². The molecule has 0 bridgehead atoms. The summed E-state index contributed by atoms with van der Waals surface area (Å²) in [7, 11) is 3.32. The van der Waals surface area contributed by atoms with Crippen LogP contribution in [0.25, 0.3) is 6.08 Å². The van der Waals surface area contributed by atoms with E-state index in [1.165, 1.54) is 28.0 Å². The standard InChI is InChI=1S/C15H14N4O2S2/c1-9-17-18-14(22-9)16-15-19(2)13(20)12(23-15)8-10-5-4-6-11(7-10)21-3/h4-8H,1-3H3/b12-8-,16-15+. The number of aryl methyl sites for hydroxylation is 1. The lowest BCUT2D eigenvalue weighted by atomic mass is 10.2. The third kappa shape index (κ3) is 3.43. The molecular weight excluding hydrogens is 332 g/mol. The number of thioether (sulfide) groups is 1. The summed E-state index contributed by atoms with van der Waals surface area (Å²) in [5, 5.41) is 9.88. The van der Waals surface area contributed by atoms with Crippen LogP contribution in [-0.2, 0) is 4.79 Å². The smallest absolute Gasteiger partial charge is 0.266 e. The molecule has 1 saturated heterocycles. The van der Waals surface area contributed by atoms with Crippen molar-refractivity contribution in [2.24, 2.45) is 4.99 Å². The van der Waals surface area contributed by atoms with Gasteiger partial charge in [0.1, 0.15) is 10.8 Å². The number of ether oxygens (including phenoxy) is 1. The first-order valence-electron chi connectivity index (χ1n) is 6.77. The van der Waals surface area contributed by atoms with E-state index in [2.05, 4.69) is 15.2 Å². The van der Waals surface area contributed by atoms with E-state index in [1.54, 1.807) is 14.2 Å². The summed E-state index contributed by atoms with van der Waals surface area (Å²) in [5.74, 6) is 0.666. The number of methoxy groups -OCH3 is 1. The van der Waals surface area contributed by atoms with Crippen LogP contribution >= 0.6 is 23.1 Å². The van der Waals surface area contributed by atoms with Crippen molar-refractivity contribution in [2.75, 3.05) is 14.2 Å². The van der Waals surface area contributed by atoms with Crippen molar-refractivity contribution in [1.29, 1.82) is 0 Å². The number of benzene rings is 1. The Hall–Kier alpha value is -2.19. The average Bonchev–Trinajstić information content (AvgIpc) is 3.07. The third-order valence-electron chi connectivity index (χ3n) is 3.10. The number of amidine groups is 1. The van der Waals surface area contributed by atoms with Crippen molar-refractivity contribution in [2.45, 2.75) is 6.92 Å². The van der Waals surface area contributed by atoms with Crippen LogP contribution in [0.15, 0.2) is 34.2 Å². The predicted molar refractivity (Wildman–Crippen MR) is 93.1 cm³/mol. The minimum absolute atomic E-state index is 0.0854. The van der Waals surface area contributed by atoms with Gasteiger partial charge >= 0.3 is 0 Å². The Bertz CT molecular complexity index is 813. The topological polar surface area (TPSA) is 67.7 Å². The summed E-state index contributed by atoms with van der Waals surface area (Å²) in [6.45, 7) is 1.87. The number of nitrogens with zero attached hydrogens (tertiary/aromatic N) is 4. The lowest BCUT2D eigenvalue weighted by Gasteiger charge is -2.05. The summed E-state index contributed by atoms with van der Waals surface area (Å²) in [6.07, 6.45) is 1.83. The third-order valence-corrected chi connectivity index (χ3v) is 4.89. The molecule has 118 valence electrons. The van der Waals surface area contributed by atoms with Crippen molar-refractivity contribution in [3.05, 3.63) is 39.7 Å². The summed E-state index contributed by atoms with van der Waals surface area (Å²) in [5.41, 5.74) is 0.904. The molecular formula is C15H14N4O2S2. The van der Waals surface area contributed by atoms with Crippen molar-refractivity contribution >= 4 is 45.4 Å². The van der Waals surface area contributed by atoms with E-state index < -0.39 is 0 Å². The number of aliphatic imine (C=N–C) groups is 1. The maximum atomic E-state index is 12.4. The second-order valence-electron chi connectivity index (χ2n) is 4.75. The van der Waals surface area contributed by atoms with Crippen molar-refractivity contribution in [1.82, 2.24) is 15.1 Å². The number of hydrogen-bond acceptors (Lipinski definition) is 7. The molecule has 2 heterocycles. The summed E-state index contributed by atoms with van der Waals surface area (Å²) < 4.78 is 5.20. The van der Waals surface area contributed by atoms with Crippen molar-refractivity contribution in [3.63, 3.8) is 0 Å². The highest BCUT2D eigenvalue weighted by atomic mass is 32.2. The van der Waals surface area contributed by atoms with E-state index in [-0.39, 0.29) is 5.91 Å². The van der Waals surface area contributed by atoms with E-state index >= 15 is 0 Å². The molecule has 0 radical (unpaired) electrons. The Morgan fingerprint density at radius 3 is 2.87 bits per heavy atom. The number of amides is 1. The molecule has 0 spiro atoms. The van der Waals surface area contributed by atoms with Gasteiger partial charge in [0.15, 0.2) is 5.17 Å². The van der Waals surface area contributed by atoms with Gasteiger partial charge in [-0.15, -0.1) is 10.2 Å². The molecule has 0 aliphatic carbocycles. The monoisotopic (exact) mass is 346 g/mol. The molecule has 8 heteroatoms. The van der Waals surface area contributed by atoms with Crippen molar-refractivity contribution < 1.29 is 9.53 Å². The molecule has 0 saturated carbocycles. The maximum absolute atomic E-state index is 12.4. The Kier molecular flexibility index (Phi) is 4.44. The second-order valence-corrected chi connectivity index (χ2v) is 6.92. The Morgan fingerprint density at radius 1 is 1.35 bits per heavy atom. The Labute approximate surface area is 141 Å². The summed E-state index contributed by atoms with van der Waals surface area (Å²) in [4.78, 5) is 18.9. The van der Waals surface area contributed by atoms with Gasteiger partial charge in [-0.1, -0.05) is 23.5 Å². The molecule has 0 N–H and O–H groups in total. The number of rotatable bonds is 3. The molecule has 0 unspecified atom stereocenters. The zero-order valence-corrected chi connectivity index (χ0v) is 14.4. The normalized spacial score (nSPS) is 18.2. The van der Waals surface area contributed by atoms with Crippen LogP contribution in [0.3, 0.4) is 0 Å². The van der Waals surface area contributed by atoms with Crippen LogP contribution in [0.1, 0.15) is 10.6 Å². The van der Waals surface area contributed by atoms with Crippen molar-refractivity contribution in [3.8, 4) is 5.75 Å². The van der Waals surface area contributed by atoms with Crippen LogP contribution in [0.5, 0.6) is 5.75 Å². The highest BCUT2D eigenvalue weighted by molar-refractivity contribution is 8.18. The molecule has 1 fully saturated rings. The predicted octanol–water partition coefficient (Wildman–Crippen LogP) is 3.09. The molecule has 23 heavy (non-hydrogen) atoms. The first kappa shape index (κ1) is 15.7. The molecule has 1 aliphatic rings. The van der Waals surface area contributed by atoms with Crippen LogP contribution in [0.4, 0.5) is 5.13 Å². The summed E-state index contributed by atoms with van der Waals surface area (Å²) in [6, 6.07) is 7.55. The van der Waals surface area contributed by atoms with Gasteiger partial charge in [-0.3, -0.25) is 9.69 Å². The number of carbonyl (C=O) groups excluding carboxylic acids is 1. The van der Waals surface area contributed by atoms with Crippen LogP contribution < -0.4 is 4.74 Å². The van der Waals surface area contributed by atoms with Crippen LogP contribution in [-0.4, -0.2) is 40.3 Å². The van der Waals surface area contributed by atoms with Gasteiger partial charge in [0.2, 0.25) is 5.13 Å². The minimum Gasteiger partial charge on any atom is -0.497 e. The number of likely N-dealkylation sites (N-methyl/N-ethyl adjacent to an activating group) is 1. The molecule has 2 aromatic rings. The first-order chi connectivity index (χ1) is 11.1. The number of carbonyl (C=O) groups is 1. The second kappa shape index (κ2) is 6.51. The number of hydrogen-bond donors (Lipinski definition) is 0. The Balaban J connectivity index is 1.88. The quantitative estimate of drug-likeness (QED) is 0.799. The van der Waals surface area contributed by atoms with Gasteiger partial charge in [-0.25, -0.2) is 0 Å². The zero-order valence-electron chi connectivity index (χ0n) is 12.8. The highest BCUT2D eigenvalue weighted by Crippen LogP contribution is 2.33. The van der Waals surface area contributed by atoms with Gasteiger partial charge in [0.05, 0.1) is 12.0 Å². The lowest BCUT2D eigenvalue weighted by Crippen LogP contribution is -2.23. The fourth-order valence-electron chi connectivity index (χ4n) is 1.95. The fourth-order valence-corrected chi connectivity index (χ4v) is 3.53. The van der Waals surface area contributed by atoms with Crippen LogP contribution in [0, 0.1) is 6.92 Å². The fraction of sp³-hybridized carbons (Fsp3) is 0.200. The lowest BCUT2D eigenvalue weighted by molar-refractivity contribution is -0.121. The first-order valence-corrected chi connectivity index (χ1v) is 8.40. The highest BCUT2D eigenvalue weighted by Gasteiger charge is 2.30. The van der Waals surface area contributed by atoms with Gasteiger partial charge in [0.25, 0.3) is 5.91 Å². The van der Waals surface area contributed by atoms with E-state index in [1.807, 2.05) is 37.3 Å². The zero-order chi connectivity index (χ0) is 16.4. The van der Waals surface area contributed by atoms with Gasteiger partial charge in [-0.2, -0.15) is 4.99 Å². The van der Waals surface area contributed by atoms with Gasteiger partial charge in [0, 0.05) is 7.05 Å². The van der Waals surface area contributed by atoms with Gasteiger partial charge < -0.3 is 4.74 Å². The van der Waals surface area contributed by atoms with E-state index in [0.29, 0.717) is 15.2 Å². The molecule has 1 aliphatic heterocycles. The molecule has 1 amide bonds. The SMILES string of the molecule is COc1cccc(/C=C2\S/C(=N/c3nnc(C)s3)N(C)C2=O)c1.